The van der Waals surface area contributed by atoms with Gasteiger partial charge in [0.2, 0.25) is 0 Å². The van der Waals surface area contributed by atoms with Crippen LogP contribution in [0.25, 0.3) is 0 Å². The Kier molecular flexibility index (Phi) is 16.8. The van der Waals surface area contributed by atoms with Crippen LogP contribution in [0.3, 0.4) is 0 Å². The van der Waals surface area contributed by atoms with Crippen LogP contribution in [-0.2, 0) is 4.74 Å². The zero-order chi connectivity index (χ0) is 12.8. The Balaban J connectivity index is 0. The van der Waals surface area contributed by atoms with Crippen LogP contribution in [0.2, 0.25) is 0 Å². The van der Waals surface area contributed by atoms with Gasteiger partial charge in [0, 0.05) is 0 Å². The van der Waals surface area contributed by atoms with Crippen molar-refractivity contribution in [2.75, 3.05) is 26.4 Å². The Labute approximate surface area is 97.7 Å². The van der Waals surface area contributed by atoms with Crippen LogP contribution in [0.4, 0.5) is 0 Å². The molecule has 0 aliphatic rings. The molecule has 0 heterocycles. The summed E-state index contributed by atoms with van der Waals surface area (Å²) in [5, 5.41) is 34.1. The number of aliphatic hydroxyl groups is 4. The number of rotatable bonds is 8. The molecule has 5 nitrogen and oxygen atoms in total. The summed E-state index contributed by atoms with van der Waals surface area (Å²) in [6.45, 7) is 3.62. The van der Waals surface area contributed by atoms with E-state index < -0.39 is 12.2 Å². The summed E-state index contributed by atoms with van der Waals surface area (Å²) in [5.74, 6) is 0. The van der Waals surface area contributed by atoms with Gasteiger partial charge in [0.1, 0.15) is 12.2 Å². The molecule has 100 valence electrons. The molecular weight excluding hydrogens is 212 g/mol. The van der Waals surface area contributed by atoms with E-state index in [1.165, 1.54) is 19.3 Å². The van der Waals surface area contributed by atoms with Gasteiger partial charge in [-0.05, 0) is 0 Å². The smallest absolute Gasteiger partial charge is 0.100 e. The summed E-state index contributed by atoms with van der Waals surface area (Å²) in [6, 6.07) is 0. The van der Waals surface area contributed by atoms with Crippen molar-refractivity contribution in [2.45, 2.75) is 45.3 Å². The molecule has 0 saturated heterocycles. The normalized spacial score (nSPS) is 13.9. The first kappa shape index (κ1) is 18.2. The topological polar surface area (TPSA) is 90.2 Å². The van der Waals surface area contributed by atoms with E-state index in [1.54, 1.807) is 0 Å². The van der Waals surface area contributed by atoms with Crippen LogP contribution in [0.5, 0.6) is 0 Å². The molecule has 0 fully saturated rings. The zero-order valence-electron chi connectivity index (χ0n) is 10.3. The van der Waals surface area contributed by atoms with Gasteiger partial charge in [-0.1, -0.05) is 33.1 Å². The minimum absolute atomic E-state index is 0.0342. The van der Waals surface area contributed by atoms with Crippen molar-refractivity contribution in [1.82, 2.24) is 0 Å². The van der Waals surface area contributed by atoms with E-state index in [2.05, 4.69) is 13.8 Å². The van der Waals surface area contributed by atoms with Crippen LogP contribution in [0, 0.1) is 0 Å². The number of hydrogen-bond donors (Lipinski definition) is 4. The van der Waals surface area contributed by atoms with E-state index in [-0.39, 0.29) is 26.4 Å². The molecule has 0 aliphatic heterocycles. The summed E-state index contributed by atoms with van der Waals surface area (Å²) in [5.41, 5.74) is 0. The summed E-state index contributed by atoms with van der Waals surface area (Å²) in [4.78, 5) is 0. The van der Waals surface area contributed by atoms with Crippen molar-refractivity contribution in [3.05, 3.63) is 0 Å². The summed E-state index contributed by atoms with van der Waals surface area (Å²) in [6.07, 6.45) is 2.24. The van der Waals surface area contributed by atoms with Gasteiger partial charge in [-0.15, -0.1) is 0 Å². The number of ether oxygens (including phenoxy) is 1. The maximum absolute atomic E-state index is 8.72. The second-order valence-corrected chi connectivity index (χ2v) is 3.56. The third kappa shape index (κ3) is 16.2. The number of aliphatic hydroxyl groups excluding tert-OH is 4. The predicted octanol–water partition coefficient (Wildman–Crippen LogP) is -0.0941. The van der Waals surface area contributed by atoms with Crippen LogP contribution in [-0.4, -0.2) is 59.1 Å². The minimum Gasteiger partial charge on any atom is -0.394 e. The second kappa shape index (κ2) is 14.8. The van der Waals surface area contributed by atoms with Crippen LogP contribution in [0.15, 0.2) is 0 Å². The number of unbranched alkanes of at least 4 members (excludes halogenated alkanes) is 2. The van der Waals surface area contributed by atoms with Crippen molar-refractivity contribution in [2.24, 2.45) is 0 Å². The fourth-order valence-corrected chi connectivity index (χ4v) is 0.799. The summed E-state index contributed by atoms with van der Waals surface area (Å²) >= 11 is 0. The molecule has 0 aliphatic carbocycles. The summed E-state index contributed by atoms with van der Waals surface area (Å²) in [7, 11) is 0. The van der Waals surface area contributed by atoms with Crippen LogP contribution >= 0.6 is 0 Å². The maximum atomic E-state index is 8.72. The first-order valence-electron chi connectivity index (χ1n) is 5.77. The van der Waals surface area contributed by atoms with Crippen molar-refractivity contribution >= 4 is 0 Å². The lowest BCUT2D eigenvalue weighted by Crippen LogP contribution is -2.25. The van der Waals surface area contributed by atoms with Gasteiger partial charge in [-0.25, -0.2) is 0 Å². The van der Waals surface area contributed by atoms with E-state index in [0.29, 0.717) is 0 Å². The molecule has 0 spiro atoms. The van der Waals surface area contributed by atoms with Crippen molar-refractivity contribution in [3.63, 3.8) is 0 Å². The molecule has 0 aromatic carbocycles. The molecule has 2 atom stereocenters. The molecule has 0 bridgehead atoms. The monoisotopic (exact) mass is 238 g/mol. The van der Waals surface area contributed by atoms with Gasteiger partial charge in [0.25, 0.3) is 0 Å². The molecular formula is C11H26O5. The van der Waals surface area contributed by atoms with Gasteiger partial charge in [0.05, 0.1) is 26.4 Å². The van der Waals surface area contributed by atoms with Crippen molar-refractivity contribution < 1.29 is 25.2 Å². The van der Waals surface area contributed by atoms with Crippen LogP contribution in [0.1, 0.15) is 33.1 Å². The molecule has 0 amide bonds. The molecule has 4 N–H and O–H groups in total. The van der Waals surface area contributed by atoms with Gasteiger partial charge < -0.3 is 25.2 Å². The molecule has 5 heteroatoms. The average Bonchev–Trinajstić information content (AvgIpc) is 2.30. The lowest BCUT2D eigenvalue weighted by molar-refractivity contribution is -0.0364. The largest absolute Gasteiger partial charge is 0.394 e. The first-order valence-corrected chi connectivity index (χ1v) is 5.77. The lowest BCUT2D eigenvalue weighted by Gasteiger charge is -2.10. The maximum Gasteiger partial charge on any atom is 0.100 e. The highest BCUT2D eigenvalue weighted by molar-refractivity contribution is 4.52. The van der Waals surface area contributed by atoms with E-state index in [1.807, 2.05) is 0 Å². The van der Waals surface area contributed by atoms with E-state index in [9.17, 15) is 0 Å². The quantitative estimate of drug-likeness (QED) is 0.474. The fraction of sp³-hybridized carbons (Fsp3) is 1.00. The Hall–Kier alpha value is -0.200. The SMILES string of the molecule is CCCCC.OCC(O)COCC(O)CO. The Morgan fingerprint density at radius 1 is 0.875 bits per heavy atom. The zero-order valence-corrected chi connectivity index (χ0v) is 10.3. The van der Waals surface area contributed by atoms with E-state index in [4.69, 9.17) is 25.2 Å². The van der Waals surface area contributed by atoms with Gasteiger partial charge in [0.15, 0.2) is 0 Å². The number of hydrogen-bond acceptors (Lipinski definition) is 5. The fourth-order valence-electron chi connectivity index (χ4n) is 0.799. The highest BCUT2D eigenvalue weighted by atomic mass is 16.5. The van der Waals surface area contributed by atoms with E-state index >= 15 is 0 Å². The highest BCUT2D eigenvalue weighted by Gasteiger charge is 2.04. The minimum atomic E-state index is -0.916. The van der Waals surface area contributed by atoms with Gasteiger partial charge in [-0.2, -0.15) is 0 Å². The molecule has 0 radical (unpaired) electrons. The standard InChI is InChI=1S/C6H14O5.C5H12/c7-1-5(9)3-11-4-6(10)2-8;1-3-5-4-2/h5-10H,1-4H2;3-5H2,1-2H3. The predicted molar refractivity (Wildman–Crippen MR) is 62.2 cm³/mol. The van der Waals surface area contributed by atoms with Gasteiger partial charge >= 0.3 is 0 Å². The van der Waals surface area contributed by atoms with Crippen LogP contribution < -0.4 is 0 Å². The average molecular weight is 238 g/mol. The van der Waals surface area contributed by atoms with Crippen molar-refractivity contribution in [1.29, 1.82) is 0 Å². The second-order valence-electron chi connectivity index (χ2n) is 3.56. The Morgan fingerprint density at radius 3 is 1.44 bits per heavy atom. The molecule has 0 aromatic heterocycles. The molecule has 2 unspecified atom stereocenters. The van der Waals surface area contributed by atoms with Crippen molar-refractivity contribution in [3.8, 4) is 0 Å². The third-order valence-corrected chi connectivity index (χ3v) is 1.75. The van der Waals surface area contributed by atoms with Gasteiger partial charge in [-0.3, -0.25) is 0 Å². The highest BCUT2D eigenvalue weighted by Crippen LogP contribution is 1.88. The van der Waals surface area contributed by atoms with E-state index in [0.717, 1.165) is 0 Å². The molecule has 16 heavy (non-hydrogen) atoms. The lowest BCUT2D eigenvalue weighted by atomic mass is 10.3. The molecule has 0 aromatic rings. The molecule has 0 saturated carbocycles. The molecule has 0 rings (SSSR count). The first-order chi connectivity index (χ1) is 7.62. The summed E-state index contributed by atoms with van der Waals surface area (Å²) < 4.78 is 4.72. The Bertz CT molecular complexity index is 109. The third-order valence-electron chi connectivity index (χ3n) is 1.75. The Morgan fingerprint density at radius 2 is 1.25 bits per heavy atom.